The highest BCUT2D eigenvalue weighted by Crippen LogP contribution is 2.43. The first-order chi connectivity index (χ1) is 13.5. The van der Waals surface area contributed by atoms with Gasteiger partial charge in [0.1, 0.15) is 23.1 Å². The molecule has 0 saturated carbocycles. The standard InChI is InChI=1S/C19H22Cl2FN5Si/c1-3-28(4-2)10-8-26(9-11-28)18-16(15-13(20)6-5-7-14(15)22)17(21)25-19-23-12-24-27(18)19/h5-7,12H,3-4,8-11H2,1-2H3. The first-order valence-corrected chi connectivity index (χ1v) is 13.2. The van der Waals surface area contributed by atoms with Crippen molar-refractivity contribution in [1.82, 2.24) is 19.6 Å². The molecule has 1 fully saturated rings. The third-order valence-electron chi connectivity index (χ3n) is 6.19. The molecule has 0 bridgehead atoms. The molecule has 4 rings (SSSR count). The quantitative estimate of drug-likeness (QED) is 0.396. The third-order valence-corrected chi connectivity index (χ3v) is 12.4. The lowest BCUT2D eigenvalue weighted by Gasteiger charge is -2.41. The maximum atomic E-state index is 14.8. The molecular weight excluding hydrogens is 416 g/mol. The van der Waals surface area contributed by atoms with Gasteiger partial charge in [-0.25, -0.2) is 4.39 Å². The van der Waals surface area contributed by atoms with Gasteiger partial charge in [0.15, 0.2) is 0 Å². The molecule has 0 radical (unpaired) electrons. The van der Waals surface area contributed by atoms with Crippen molar-refractivity contribution >= 4 is 42.9 Å². The van der Waals surface area contributed by atoms with E-state index in [-0.39, 0.29) is 10.7 Å². The molecule has 9 heteroatoms. The van der Waals surface area contributed by atoms with Crippen LogP contribution in [0.25, 0.3) is 16.9 Å². The number of hydrogen-bond donors (Lipinski definition) is 0. The van der Waals surface area contributed by atoms with Crippen LogP contribution in [0.5, 0.6) is 0 Å². The Morgan fingerprint density at radius 1 is 1.11 bits per heavy atom. The lowest BCUT2D eigenvalue weighted by molar-refractivity contribution is 0.631. The lowest BCUT2D eigenvalue weighted by atomic mass is 10.1. The van der Waals surface area contributed by atoms with Crippen molar-refractivity contribution in [3.63, 3.8) is 0 Å². The fourth-order valence-electron chi connectivity index (χ4n) is 4.20. The molecule has 1 saturated heterocycles. The van der Waals surface area contributed by atoms with Gasteiger partial charge in [-0.15, -0.1) is 0 Å². The molecule has 148 valence electrons. The van der Waals surface area contributed by atoms with Crippen LogP contribution in [0.4, 0.5) is 10.2 Å². The average molecular weight is 438 g/mol. The Kier molecular flexibility index (Phi) is 5.33. The first kappa shape index (κ1) is 19.6. The fraction of sp³-hybridized carbons (Fsp3) is 0.421. The minimum Gasteiger partial charge on any atom is -0.356 e. The largest absolute Gasteiger partial charge is 0.356 e. The van der Waals surface area contributed by atoms with E-state index < -0.39 is 13.9 Å². The molecular formula is C19H22Cl2FN5Si. The summed E-state index contributed by atoms with van der Waals surface area (Å²) < 4.78 is 16.4. The smallest absolute Gasteiger partial charge is 0.255 e. The van der Waals surface area contributed by atoms with Gasteiger partial charge in [0.25, 0.3) is 5.78 Å². The van der Waals surface area contributed by atoms with E-state index >= 15 is 0 Å². The zero-order valence-corrected chi connectivity index (χ0v) is 18.4. The number of nitrogens with zero attached hydrogens (tertiary/aromatic N) is 5. The summed E-state index contributed by atoms with van der Waals surface area (Å²) in [4.78, 5) is 10.7. The Hall–Kier alpha value is -1.70. The number of rotatable bonds is 4. The Balaban J connectivity index is 1.89. The van der Waals surface area contributed by atoms with Crippen LogP contribution in [0.1, 0.15) is 13.8 Å². The van der Waals surface area contributed by atoms with E-state index in [0.29, 0.717) is 22.2 Å². The molecule has 0 amide bonds. The Morgan fingerprint density at radius 2 is 1.82 bits per heavy atom. The number of anilines is 1. The molecule has 28 heavy (non-hydrogen) atoms. The SMILES string of the molecule is CC[Si]1(CC)CCN(c2c(-c3c(F)cccc3Cl)c(Cl)nc3ncnn23)CC1. The minimum absolute atomic E-state index is 0.183. The summed E-state index contributed by atoms with van der Waals surface area (Å²) >= 11 is 12.9. The second-order valence-corrected chi connectivity index (χ2v) is 13.5. The molecule has 0 N–H and O–H groups in total. The molecule has 3 aromatic rings. The van der Waals surface area contributed by atoms with Crippen molar-refractivity contribution < 1.29 is 4.39 Å². The van der Waals surface area contributed by atoms with E-state index in [1.165, 1.54) is 36.6 Å². The number of halogens is 3. The second-order valence-electron chi connectivity index (χ2n) is 7.36. The van der Waals surface area contributed by atoms with Gasteiger partial charge in [-0.3, -0.25) is 0 Å². The van der Waals surface area contributed by atoms with Crippen LogP contribution in [0.2, 0.25) is 34.4 Å². The molecule has 1 aliphatic rings. The van der Waals surface area contributed by atoms with Crippen molar-refractivity contribution in [2.45, 2.75) is 38.0 Å². The molecule has 0 unspecified atom stereocenters. The van der Waals surface area contributed by atoms with E-state index in [4.69, 9.17) is 23.2 Å². The predicted molar refractivity (Wildman–Crippen MR) is 115 cm³/mol. The Labute approximate surface area is 174 Å². The molecule has 1 aliphatic heterocycles. The maximum absolute atomic E-state index is 14.8. The van der Waals surface area contributed by atoms with Crippen LogP contribution in [0.3, 0.4) is 0 Å². The maximum Gasteiger partial charge on any atom is 0.255 e. The lowest BCUT2D eigenvalue weighted by Crippen LogP contribution is -2.46. The van der Waals surface area contributed by atoms with Crippen LogP contribution in [-0.4, -0.2) is 40.7 Å². The highest BCUT2D eigenvalue weighted by atomic mass is 35.5. The highest BCUT2D eigenvalue weighted by molar-refractivity contribution is 6.80. The summed E-state index contributed by atoms with van der Waals surface area (Å²) in [6.07, 6.45) is 1.44. The molecule has 5 nitrogen and oxygen atoms in total. The van der Waals surface area contributed by atoms with Gasteiger partial charge < -0.3 is 4.90 Å². The summed E-state index contributed by atoms with van der Waals surface area (Å²) in [5, 5.41) is 4.83. The van der Waals surface area contributed by atoms with Crippen molar-refractivity contribution in [3.05, 3.63) is 40.5 Å². The van der Waals surface area contributed by atoms with E-state index in [0.717, 1.165) is 13.1 Å². The summed E-state index contributed by atoms with van der Waals surface area (Å²) in [5.74, 6) is 0.686. The molecule has 1 aromatic carbocycles. The molecule has 3 heterocycles. The molecule has 2 aromatic heterocycles. The number of aromatic nitrogens is 4. The predicted octanol–water partition coefficient (Wildman–Crippen LogP) is 5.55. The van der Waals surface area contributed by atoms with Crippen LogP contribution in [0.15, 0.2) is 24.5 Å². The number of benzene rings is 1. The van der Waals surface area contributed by atoms with Crippen LogP contribution in [0, 0.1) is 5.82 Å². The van der Waals surface area contributed by atoms with Crippen LogP contribution in [-0.2, 0) is 0 Å². The van der Waals surface area contributed by atoms with Gasteiger partial charge >= 0.3 is 0 Å². The van der Waals surface area contributed by atoms with Crippen molar-refractivity contribution in [1.29, 1.82) is 0 Å². The Morgan fingerprint density at radius 3 is 2.46 bits per heavy atom. The van der Waals surface area contributed by atoms with Crippen molar-refractivity contribution in [2.75, 3.05) is 18.0 Å². The normalized spacial score (nSPS) is 16.7. The zero-order valence-electron chi connectivity index (χ0n) is 15.9. The molecule has 0 spiro atoms. The van der Waals surface area contributed by atoms with Gasteiger partial charge in [-0.1, -0.05) is 55.2 Å². The van der Waals surface area contributed by atoms with Gasteiger partial charge in [-0.2, -0.15) is 19.6 Å². The van der Waals surface area contributed by atoms with Crippen molar-refractivity contribution in [2.24, 2.45) is 0 Å². The number of hydrogen-bond acceptors (Lipinski definition) is 4. The topological polar surface area (TPSA) is 46.3 Å². The van der Waals surface area contributed by atoms with Crippen molar-refractivity contribution in [3.8, 4) is 11.1 Å². The van der Waals surface area contributed by atoms with Gasteiger partial charge in [0.05, 0.1) is 18.7 Å². The van der Waals surface area contributed by atoms with Crippen LogP contribution < -0.4 is 4.90 Å². The van der Waals surface area contributed by atoms with Gasteiger partial charge in [0.2, 0.25) is 0 Å². The summed E-state index contributed by atoms with van der Waals surface area (Å²) in [6, 6.07) is 9.60. The second kappa shape index (κ2) is 7.61. The highest BCUT2D eigenvalue weighted by Gasteiger charge is 2.36. The Bertz CT molecular complexity index is 991. The van der Waals surface area contributed by atoms with E-state index in [1.807, 2.05) is 0 Å². The fourth-order valence-corrected chi connectivity index (χ4v) is 8.36. The number of fused-ring (bicyclic) bond motifs is 1. The van der Waals surface area contributed by atoms with E-state index in [9.17, 15) is 4.39 Å². The summed E-state index contributed by atoms with van der Waals surface area (Å²) in [5.41, 5.74) is 0.735. The molecule has 0 atom stereocenters. The van der Waals surface area contributed by atoms with E-state index in [1.54, 1.807) is 16.6 Å². The summed E-state index contributed by atoms with van der Waals surface area (Å²) in [7, 11) is -1.22. The van der Waals surface area contributed by atoms with E-state index in [2.05, 4.69) is 33.8 Å². The average Bonchev–Trinajstić information content (AvgIpc) is 3.16. The van der Waals surface area contributed by atoms with Gasteiger partial charge in [0, 0.05) is 18.7 Å². The zero-order chi connectivity index (χ0) is 19.9. The third kappa shape index (κ3) is 3.19. The van der Waals surface area contributed by atoms with Crippen LogP contribution >= 0.6 is 23.2 Å². The minimum atomic E-state index is -1.22. The van der Waals surface area contributed by atoms with Gasteiger partial charge in [-0.05, 0) is 24.2 Å². The summed E-state index contributed by atoms with van der Waals surface area (Å²) in [6.45, 7) is 6.41. The first-order valence-electron chi connectivity index (χ1n) is 9.58. The monoisotopic (exact) mass is 437 g/mol. The molecule has 0 aliphatic carbocycles.